The number of hydrogen-bond donors (Lipinski definition) is 2. The Kier molecular flexibility index (Phi) is 5.54. The molecule has 0 spiro atoms. The molecule has 2 N–H and O–H groups in total. The van der Waals surface area contributed by atoms with Crippen molar-refractivity contribution >= 4 is 33.7 Å². The van der Waals surface area contributed by atoms with Crippen LogP contribution in [0.5, 0.6) is 0 Å². The number of piperidine rings is 1. The minimum Gasteiger partial charge on any atom is -0.480 e. The van der Waals surface area contributed by atoms with Crippen LogP contribution in [0.25, 0.3) is 0 Å². The number of carboxylic acid groups (broad SMARTS) is 1. The third-order valence-corrected chi connectivity index (χ3v) is 4.14. The van der Waals surface area contributed by atoms with Crippen molar-refractivity contribution in [2.24, 2.45) is 0 Å². The van der Waals surface area contributed by atoms with E-state index in [1.165, 1.54) is 4.90 Å². The molecular weight excluding hydrogens is 352 g/mol. The Morgan fingerprint density at radius 2 is 1.91 bits per heavy atom. The van der Waals surface area contributed by atoms with Gasteiger partial charge in [-0.2, -0.15) is 0 Å². The summed E-state index contributed by atoms with van der Waals surface area (Å²) in [5, 5.41) is 11.7. The first-order valence-electron chi connectivity index (χ1n) is 7.05. The second kappa shape index (κ2) is 7.40. The van der Waals surface area contributed by atoms with Crippen LogP contribution in [-0.4, -0.2) is 46.9 Å². The Bertz CT molecular complexity index is 573. The predicted molar refractivity (Wildman–Crippen MR) is 83.5 cm³/mol. The van der Waals surface area contributed by atoms with Gasteiger partial charge in [-0.15, -0.1) is 0 Å². The van der Waals surface area contributed by atoms with Crippen molar-refractivity contribution in [3.8, 4) is 0 Å². The lowest BCUT2D eigenvalue weighted by Gasteiger charge is -2.33. The minimum absolute atomic E-state index is 0.196. The van der Waals surface area contributed by atoms with Crippen LogP contribution in [0.1, 0.15) is 29.6 Å². The molecule has 1 heterocycles. The zero-order valence-corrected chi connectivity index (χ0v) is 13.5. The fraction of sp³-hybridized carbons (Fsp3) is 0.400. The van der Waals surface area contributed by atoms with Gasteiger partial charge in [-0.1, -0.05) is 15.9 Å². The Morgan fingerprint density at radius 1 is 1.23 bits per heavy atom. The van der Waals surface area contributed by atoms with Crippen LogP contribution in [-0.2, 0) is 9.59 Å². The summed E-state index contributed by atoms with van der Waals surface area (Å²) < 4.78 is 0.859. The number of hydrogen-bond acceptors (Lipinski definition) is 3. The molecule has 0 aromatic heterocycles. The highest BCUT2D eigenvalue weighted by Crippen LogP contribution is 2.17. The normalized spacial score (nSPS) is 17.9. The number of nitrogens with zero attached hydrogens (tertiary/aromatic N) is 1. The summed E-state index contributed by atoms with van der Waals surface area (Å²) in [5.41, 5.74) is 0.449. The highest BCUT2D eigenvalue weighted by molar-refractivity contribution is 9.10. The van der Waals surface area contributed by atoms with Gasteiger partial charge in [-0.05, 0) is 43.5 Å². The fourth-order valence-electron chi connectivity index (χ4n) is 2.45. The van der Waals surface area contributed by atoms with Crippen LogP contribution in [0, 0.1) is 0 Å². The molecule has 1 atom stereocenters. The Hall–Kier alpha value is -1.89. The van der Waals surface area contributed by atoms with E-state index >= 15 is 0 Å². The minimum atomic E-state index is -0.993. The first-order valence-corrected chi connectivity index (χ1v) is 7.84. The summed E-state index contributed by atoms with van der Waals surface area (Å²) in [6.07, 6.45) is 2.05. The molecule has 1 aromatic carbocycles. The lowest BCUT2D eigenvalue weighted by atomic mass is 10.0. The number of carboxylic acids is 1. The van der Waals surface area contributed by atoms with E-state index in [9.17, 15) is 14.4 Å². The molecule has 7 heteroatoms. The molecule has 1 aromatic rings. The van der Waals surface area contributed by atoms with Crippen molar-refractivity contribution in [2.75, 3.05) is 13.1 Å². The molecule has 118 valence electrons. The van der Waals surface area contributed by atoms with Gasteiger partial charge >= 0.3 is 5.97 Å². The van der Waals surface area contributed by atoms with Crippen LogP contribution in [0.3, 0.4) is 0 Å². The van der Waals surface area contributed by atoms with Crippen LogP contribution in [0.4, 0.5) is 0 Å². The van der Waals surface area contributed by atoms with Crippen molar-refractivity contribution < 1.29 is 19.5 Å². The van der Waals surface area contributed by atoms with Crippen LogP contribution in [0.15, 0.2) is 28.7 Å². The number of carbonyl (C=O) groups is 3. The summed E-state index contributed by atoms with van der Waals surface area (Å²) in [5.74, 6) is -1.71. The average Bonchev–Trinajstić information content (AvgIpc) is 2.53. The van der Waals surface area contributed by atoms with Crippen molar-refractivity contribution in [3.63, 3.8) is 0 Å². The lowest BCUT2D eigenvalue weighted by molar-refractivity contribution is -0.151. The molecule has 0 aliphatic carbocycles. The van der Waals surface area contributed by atoms with Crippen molar-refractivity contribution in [1.29, 1.82) is 0 Å². The van der Waals surface area contributed by atoms with E-state index in [1.54, 1.807) is 24.3 Å². The van der Waals surface area contributed by atoms with Crippen molar-refractivity contribution in [2.45, 2.75) is 25.3 Å². The molecule has 1 saturated heterocycles. The van der Waals surface area contributed by atoms with E-state index in [-0.39, 0.29) is 18.4 Å². The lowest BCUT2D eigenvalue weighted by Crippen LogP contribution is -2.51. The standard InChI is InChI=1S/C15H17BrN2O4/c16-11-6-4-10(5-7-11)14(20)17-9-13(19)18-8-2-1-3-12(18)15(21)22/h4-7,12H,1-3,8-9H2,(H,17,20)(H,21,22)/t12-/m0/s1. The van der Waals surface area contributed by atoms with E-state index in [1.807, 2.05) is 0 Å². The number of aliphatic carboxylic acids is 1. The number of likely N-dealkylation sites (tertiary alicyclic amines) is 1. The van der Waals surface area contributed by atoms with E-state index in [0.29, 0.717) is 18.5 Å². The molecule has 1 aliphatic rings. The maximum atomic E-state index is 12.1. The van der Waals surface area contributed by atoms with Gasteiger partial charge in [0.2, 0.25) is 5.91 Å². The largest absolute Gasteiger partial charge is 0.480 e. The first-order chi connectivity index (χ1) is 10.5. The van der Waals surface area contributed by atoms with Gasteiger partial charge in [0, 0.05) is 16.6 Å². The van der Waals surface area contributed by atoms with Crippen LogP contribution in [0.2, 0.25) is 0 Å². The molecule has 2 amide bonds. The predicted octanol–water partition coefficient (Wildman–Crippen LogP) is 1.64. The second-order valence-electron chi connectivity index (χ2n) is 5.13. The van der Waals surface area contributed by atoms with E-state index in [4.69, 9.17) is 5.11 Å². The molecule has 2 rings (SSSR count). The number of rotatable bonds is 4. The number of nitrogens with one attached hydrogen (secondary N) is 1. The highest BCUT2D eigenvalue weighted by atomic mass is 79.9. The zero-order chi connectivity index (χ0) is 16.1. The van der Waals surface area contributed by atoms with Gasteiger partial charge < -0.3 is 15.3 Å². The summed E-state index contributed by atoms with van der Waals surface area (Å²) in [6, 6.07) is 5.98. The summed E-state index contributed by atoms with van der Waals surface area (Å²) >= 11 is 3.28. The number of benzene rings is 1. The third kappa shape index (κ3) is 4.07. The Labute approximate surface area is 136 Å². The van der Waals surface area contributed by atoms with Gasteiger partial charge in [0.05, 0.1) is 6.54 Å². The molecule has 6 nitrogen and oxygen atoms in total. The van der Waals surface area contributed by atoms with E-state index in [0.717, 1.165) is 17.3 Å². The van der Waals surface area contributed by atoms with Crippen molar-refractivity contribution in [3.05, 3.63) is 34.3 Å². The monoisotopic (exact) mass is 368 g/mol. The number of halogens is 1. The van der Waals surface area contributed by atoms with Gasteiger partial charge in [0.15, 0.2) is 0 Å². The maximum Gasteiger partial charge on any atom is 0.326 e. The second-order valence-corrected chi connectivity index (χ2v) is 6.04. The van der Waals surface area contributed by atoms with Crippen molar-refractivity contribution in [1.82, 2.24) is 10.2 Å². The van der Waals surface area contributed by atoms with Gasteiger partial charge in [0.25, 0.3) is 5.91 Å². The molecule has 22 heavy (non-hydrogen) atoms. The Morgan fingerprint density at radius 3 is 2.55 bits per heavy atom. The molecule has 1 fully saturated rings. The molecule has 0 bridgehead atoms. The summed E-state index contributed by atoms with van der Waals surface area (Å²) in [7, 11) is 0. The topological polar surface area (TPSA) is 86.7 Å². The molecule has 1 aliphatic heterocycles. The first kappa shape index (κ1) is 16.5. The van der Waals surface area contributed by atoms with Gasteiger partial charge in [-0.3, -0.25) is 9.59 Å². The SMILES string of the molecule is O=C(NCC(=O)N1CCCC[C@H]1C(=O)O)c1ccc(Br)cc1. The summed E-state index contributed by atoms with van der Waals surface area (Å²) in [6.45, 7) is 0.225. The molecule has 0 radical (unpaired) electrons. The Balaban J connectivity index is 1.92. The average molecular weight is 369 g/mol. The fourth-order valence-corrected chi connectivity index (χ4v) is 2.71. The number of amides is 2. The smallest absolute Gasteiger partial charge is 0.326 e. The third-order valence-electron chi connectivity index (χ3n) is 3.61. The van der Waals surface area contributed by atoms with E-state index < -0.39 is 12.0 Å². The van der Waals surface area contributed by atoms with Gasteiger partial charge in [0.1, 0.15) is 6.04 Å². The van der Waals surface area contributed by atoms with Gasteiger partial charge in [-0.25, -0.2) is 4.79 Å². The van der Waals surface area contributed by atoms with E-state index in [2.05, 4.69) is 21.2 Å². The molecule has 0 unspecified atom stereocenters. The molecule has 0 saturated carbocycles. The maximum absolute atomic E-state index is 12.1. The van der Waals surface area contributed by atoms with Crippen LogP contribution < -0.4 is 5.32 Å². The molecular formula is C15H17BrN2O4. The summed E-state index contributed by atoms with van der Waals surface area (Å²) in [4.78, 5) is 36.6. The number of carbonyl (C=O) groups excluding carboxylic acids is 2. The van der Waals surface area contributed by atoms with Crippen LogP contribution >= 0.6 is 15.9 Å². The zero-order valence-electron chi connectivity index (χ0n) is 11.9. The quantitative estimate of drug-likeness (QED) is 0.845. The highest BCUT2D eigenvalue weighted by Gasteiger charge is 2.31.